The Kier molecular flexibility index (Phi) is 6.91. The summed E-state index contributed by atoms with van der Waals surface area (Å²) in [5.74, 6) is -1.17. The third-order valence-electron chi connectivity index (χ3n) is 6.00. The first-order valence-corrected chi connectivity index (χ1v) is 11.2. The molecule has 3 aromatic rings. The number of aliphatic carboxylic acids is 1. The van der Waals surface area contributed by atoms with Crippen molar-refractivity contribution >= 4 is 23.3 Å². The lowest BCUT2D eigenvalue weighted by Crippen LogP contribution is -2.41. The maximum absolute atomic E-state index is 15.1. The number of benzene rings is 3. The van der Waals surface area contributed by atoms with Crippen LogP contribution in [0.15, 0.2) is 54.6 Å². The molecule has 0 fully saturated rings. The Morgan fingerprint density at radius 2 is 1.94 bits per heavy atom. The second kappa shape index (κ2) is 10.0. The molecule has 182 valence electrons. The van der Waals surface area contributed by atoms with E-state index in [2.05, 4.69) is 10.2 Å². The topological polar surface area (TPSA) is 88.1 Å². The van der Waals surface area contributed by atoms with Crippen molar-refractivity contribution in [3.05, 3.63) is 82.7 Å². The van der Waals surface area contributed by atoms with E-state index in [9.17, 15) is 9.59 Å². The van der Waals surface area contributed by atoms with Gasteiger partial charge in [-0.25, -0.2) is 4.39 Å². The fraction of sp³-hybridized carbons (Fsp3) is 0.259. The van der Waals surface area contributed by atoms with Crippen molar-refractivity contribution in [3.63, 3.8) is 0 Å². The molecule has 0 bridgehead atoms. The lowest BCUT2D eigenvalue weighted by molar-refractivity contribution is -0.136. The number of carbonyl (C=O) groups is 2. The van der Waals surface area contributed by atoms with Crippen molar-refractivity contribution in [1.82, 2.24) is 0 Å². The minimum absolute atomic E-state index is 0.127. The second-order valence-electron chi connectivity index (χ2n) is 8.62. The number of hydrogen-bond donors (Lipinski definition) is 2. The van der Waals surface area contributed by atoms with Crippen LogP contribution in [0.5, 0.6) is 11.5 Å². The predicted octanol–water partition coefficient (Wildman–Crippen LogP) is 4.60. The molecule has 0 aliphatic carbocycles. The highest BCUT2D eigenvalue weighted by molar-refractivity contribution is 6.04. The predicted molar refractivity (Wildman–Crippen MR) is 131 cm³/mol. The highest BCUT2D eigenvalue weighted by Gasteiger charge is 2.24. The number of nitrogens with zero attached hydrogens (tertiary/aromatic N) is 1. The Morgan fingerprint density at radius 1 is 1.17 bits per heavy atom. The van der Waals surface area contributed by atoms with Crippen molar-refractivity contribution in [2.75, 3.05) is 30.4 Å². The van der Waals surface area contributed by atoms with E-state index in [4.69, 9.17) is 14.6 Å². The summed E-state index contributed by atoms with van der Waals surface area (Å²) in [5.41, 5.74) is 2.87. The van der Waals surface area contributed by atoms with E-state index in [0.717, 1.165) is 17.0 Å². The molecule has 4 rings (SSSR count). The van der Waals surface area contributed by atoms with E-state index in [1.165, 1.54) is 6.07 Å². The van der Waals surface area contributed by atoms with Crippen LogP contribution in [0.25, 0.3) is 0 Å². The molecule has 1 amide bonds. The number of likely N-dealkylation sites (N-methyl/N-ethyl adjacent to an activating group) is 1. The first-order valence-electron chi connectivity index (χ1n) is 11.2. The molecule has 3 aromatic carbocycles. The molecule has 0 radical (unpaired) electrons. The number of fused-ring (bicyclic) bond motifs is 1. The Labute approximate surface area is 203 Å². The van der Waals surface area contributed by atoms with Gasteiger partial charge in [-0.3, -0.25) is 9.59 Å². The molecule has 0 unspecified atom stereocenters. The van der Waals surface area contributed by atoms with Gasteiger partial charge in [-0.05, 0) is 61.4 Å². The van der Waals surface area contributed by atoms with E-state index in [-0.39, 0.29) is 30.3 Å². The summed E-state index contributed by atoms with van der Waals surface area (Å²) in [5, 5.41) is 11.7. The van der Waals surface area contributed by atoms with Crippen LogP contribution < -0.4 is 19.7 Å². The van der Waals surface area contributed by atoms with Gasteiger partial charge in [0.2, 0.25) is 0 Å². The number of nitrogens with one attached hydrogen (secondary N) is 1. The minimum Gasteiger partial charge on any atom is -0.489 e. The van der Waals surface area contributed by atoms with E-state index >= 15 is 4.39 Å². The van der Waals surface area contributed by atoms with Crippen LogP contribution in [0, 0.1) is 19.7 Å². The van der Waals surface area contributed by atoms with Crippen LogP contribution in [-0.2, 0) is 11.2 Å². The molecule has 8 heteroatoms. The number of halogens is 1. The smallest absolute Gasteiger partial charge is 0.307 e. The number of amides is 1. The summed E-state index contributed by atoms with van der Waals surface area (Å²) in [6.07, 6.45) is -0.400. The zero-order chi connectivity index (χ0) is 25.1. The largest absolute Gasteiger partial charge is 0.489 e. The summed E-state index contributed by atoms with van der Waals surface area (Å²) in [6, 6.07) is 15.6. The van der Waals surface area contributed by atoms with Gasteiger partial charge in [0.1, 0.15) is 30.0 Å². The van der Waals surface area contributed by atoms with Gasteiger partial charge in [-0.15, -0.1) is 0 Å². The van der Waals surface area contributed by atoms with Crippen molar-refractivity contribution < 1.29 is 28.6 Å². The third-order valence-corrected chi connectivity index (χ3v) is 6.00. The van der Waals surface area contributed by atoms with E-state index in [1.807, 2.05) is 31.3 Å². The number of hydrogen-bond acceptors (Lipinski definition) is 5. The Morgan fingerprint density at radius 3 is 2.71 bits per heavy atom. The highest BCUT2D eigenvalue weighted by atomic mass is 19.1. The van der Waals surface area contributed by atoms with Crippen molar-refractivity contribution in [2.24, 2.45) is 0 Å². The summed E-state index contributed by atoms with van der Waals surface area (Å²) in [7, 11) is 1.98. The van der Waals surface area contributed by atoms with Crippen molar-refractivity contribution in [2.45, 2.75) is 26.4 Å². The van der Waals surface area contributed by atoms with Gasteiger partial charge in [0.15, 0.2) is 0 Å². The number of carboxylic acids is 1. The van der Waals surface area contributed by atoms with Gasteiger partial charge in [-0.2, -0.15) is 0 Å². The maximum Gasteiger partial charge on any atom is 0.307 e. The standard InChI is InChI=1S/C27H27FN2O5/c1-16-8-9-19(12-18(16)13-25(31)32)29-27(33)21-10-11-23(17(2)26(21)28)34-15-20-14-30(3)22-6-4-5-7-24(22)35-20/h4-12,20H,13-15H2,1-3H3,(H,29,33)(H,31,32)/t20-/m0/s1. The van der Waals surface area contributed by atoms with Crippen LogP contribution >= 0.6 is 0 Å². The van der Waals surface area contributed by atoms with Crippen LogP contribution in [0.4, 0.5) is 15.8 Å². The molecule has 7 nitrogen and oxygen atoms in total. The molecular weight excluding hydrogens is 451 g/mol. The zero-order valence-electron chi connectivity index (χ0n) is 19.8. The summed E-state index contributed by atoms with van der Waals surface area (Å²) < 4.78 is 27.0. The van der Waals surface area contributed by atoms with Gasteiger partial charge in [0.25, 0.3) is 5.91 Å². The Bertz CT molecular complexity index is 1280. The number of ether oxygens (including phenoxy) is 2. The Balaban J connectivity index is 1.43. The average molecular weight is 479 g/mol. The first kappa shape index (κ1) is 24.1. The first-order chi connectivity index (χ1) is 16.7. The number of anilines is 2. The fourth-order valence-corrected chi connectivity index (χ4v) is 4.06. The van der Waals surface area contributed by atoms with Gasteiger partial charge >= 0.3 is 5.97 Å². The Hall–Kier alpha value is -4.07. The molecular formula is C27H27FN2O5. The third kappa shape index (κ3) is 5.37. The van der Waals surface area contributed by atoms with E-state index in [1.54, 1.807) is 38.1 Å². The molecule has 0 saturated carbocycles. The molecule has 0 spiro atoms. The zero-order valence-corrected chi connectivity index (χ0v) is 19.8. The van der Waals surface area contributed by atoms with Crippen molar-refractivity contribution in [1.29, 1.82) is 0 Å². The van der Waals surface area contributed by atoms with E-state index in [0.29, 0.717) is 23.5 Å². The molecule has 0 aromatic heterocycles. The maximum atomic E-state index is 15.1. The SMILES string of the molecule is Cc1ccc(NC(=O)c2ccc(OC[C@@H]3CN(C)c4ccccc4O3)c(C)c2F)cc1CC(=O)O. The number of aryl methyl sites for hydroxylation is 1. The van der Waals surface area contributed by atoms with Gasteiger partial charge in [0, 0.05) is 18.3 Å². The van der Waals surface area contributed by atoms with Crippen molar-refractivity contribution in [3.8, 4) is 11.5 Å². The number of para-hydroxylation sites is 2. The van der Waals surface area contributed by atoms with Crippen LogP contribution in [0.2, 0.25) is 0 Å². The minimum atomic E-state index is -0.969. The highest BCUT2D eigenvalue weighted by Crippen LogP contribution is 2.32. The molecule has 35 heavy (non-hydrogen) atoms. The number of carboxylic acid groups (broad SMARTS) is 1. The summed E-state index contributed by atoms with van der Waals surface area (Å²) in [6.45, 7) is 4.20. The van der Waals surface area contributed by atoms with Gasteiger partial charge < -0.3 is 24.8 Å². The van der Waals surface area contributed by atoms with Crippen LogP contribution in [0.1, 0.15) is 27.0 Å². The molecule has 1 aliphatic rings. The molecule has 1 aliphatic heterocycles. The number of rotatable bonds is 7. The quantitative estimate of drug-likeness (QED) is 0.516. The fourth-order valence-electron chi connectivity index (χ4n) is 4.06. The summed E-state index contributed by atoms with van der Waals surface area (Å²) >= 11 is 0. The monoisotopic (exact) mass is 478 g/mol. The van der Waals surface area contributed by atoms with Crippen LogP contribution in [0.3, 0.4) is 0 Å². The number of carbonyl (C=O) groups excluding carboxylic acids is 1. The second-order valence-corrected chi connectivity index (χ2v) is 8.62. The van der Waals surface area contributed by atoms with E-state index < -0.39 is 17.7 Å². The van der Waals surface area contributed by atoms with Gasteiger partial charge in [-0.1, -0.05) is 18.2 Å². The van der Waals surface area contributed by atoms with Gasteiger partial charge in [0.05, 0.1) is 24.2 Å². The average Bonchev–Trinajstić information content (AvgIpc) is 2.82. The molecule has 0 saturated heterocycles. The van der Waals surface area contributed by atoms with Crippen LogP contribution in [-0.4, -0.2) is 43.3 Å². The molecule has 2 N–H and O–H groups in total. The lowest BCUT2D eigenvalue weighted by atomic mass is 10.0. The lowest BCUT2D eigenvalue weighted by Gasteiger charge is -2.33. The summed E-state index contributed by atoms with van der Waals surface area (Å²) in [4.78, 5) is 25.9. The molecule has 1 heterocycles. The normalized spacial score (nSPS) is 14.6. The molecule has 1 atom stereocenters.